The number of nitrogens with two attached hydrogens (primary N) is 1. The Bertz CT molecular complexity index is 439. The number of carbonyl (C=O) groups excluding carboxylic acids is 1. The Morgan fingerprint density at radius 1 is 1.44 bits per heavy atom. The fourth-order valence-corrected chi connectivity index (χ4v) is 2.74. The lowest BCUT2D eigenvalue weighted by Crippen LogP contribution is -2.34. The number of hydrogen-bond acceptors (Lipinski definition) is 2. The number of hydrogen-bond donors (Lipinski definition) is 2. The van der Waals surface area contributed by atoms with Crippen LogP contribution >= 0.6 is 35.0 Å². The highest BCUT2D eigenvalue weighted by Gasteiger charge is 2.30. The van der Waals surface area contributed by atoms with E-state index in [1.807, 2.05) is 18.2 Å². The van der Waals surface area contributed by atoms with Gasteiger partial charge >= 0.3 is 0 Å². The monoisotopic (exact) mass is 380 g/mol. The van der Waals surface area contributed by atoms with E-state index < -0.39 is 0 Å². The SMILES string of the molecule is Cc1ccc(NC(=O)C2CCCC2N)cc1I.Cl. The molecule has 1 aliphatic carbocycles. The molecule has 0 bridgehead atoms. The summed E-state index contributed by atoms with van der Waals surface area (Å²) in [5, 5.41) is 2.96. The summed E-state index contributed by atoms with van der Waals surface area (Å²) in [6.07, 6.45) is 2.93. The molecule has 0 aromatic heterocycles. The molecule has 0 aliphatic heterocycles. The lowest BCUT2D eigenvalue weighted by atomic mass is 10.0. The van der Waals surface area contributed by atoms with E-state index in [1.165, 1.54) is 5.56 Å². The average Bonchev–Trinajstić information content (AvgIpc) is 2.70. The molecule has 1 aromatic rings. The van der Waals surface area contributed by atoms with Crippen LogP contribution < -0.4 is 11.1 Å². The minimum absolute atomic E-state index is 0. The van der Waals surface area contributed by atoms with Gasteiger partial charge in [0, 0.05) is 15.3 Å². The number of aryl methyl sites for hydroxylation is 1. The Balaban J connectivity index is 0.00000162. The number of nitrogens with one attached hydrogen (secondary N) is 1. The van der Waals surface area contributed by atoms with E-state index in [-0.39, 0.29) is 30.3 Å². The summed E-state index contributed by atoms with van der Waals surface area (Å²) >= 11 is 2.27. The molecule has 2 unspecified atom stereocenters. The van der Waals surface area contributed by atoms with Crippen LogP contribution in [0, 0.1) is 16.4 Å². The van der Waals surface area contributed by atoms with Crippen molar-refractivity contribution in [1.29, 1.82) is 0 Å². The van der Waals surface area contributed by atoms with Gasteiger partial charge in [-0.05, 0) is 60.1 Å². The molecule has 1 fully saturated rings. The predicted molar refractivity (Wildman–Crippen MR) is 85.1 cm³/mol. The normalized spacial score (nSPS) is 22.4. The van der Waals surface area contributed by atoms with Crippen LogP contribution in [-0.2, 0) is 4.79 Å². The first-order valence-electron chi connectivity index (χ1n) is 5.90. The van der Waals surface area contributed by atoms with Crippen molar-refractivity contribution in [1.82, 2.24) is 0 Å². The van der Waals surface area contributed by atoms with Crippen molar-refractivity contribution in [2.45, 2.75) is 32.2 Å². The lowest BCUT2D eigenvalue weighted by molar-refractivity contribution is -0.120. The highest BCUT2D eigenvalue weighted by molar-refractivity contribution is 14.1. The maximum Gasteiger partial charge on any atom is 0.229 e. The Hall–Kier alpha value is -0.330. The molecular weight excluding hydrogens is 363 g/mol. The van der Waals surface area contributed by atoms with Crippen LogP contribution in [0.2, 0.25) is 0 Å². The third-order valence-electron chi connectivity index (χ3n) is 3.35. The number of benzene rings is 1. The first kappa shape index (κ1) is 15.7. The van der Waals surface area contributed by atoms with E-state index in [2.05, 4.69) is 34.8 Å². The van der Waals surface area contributed by atoms with Gasteiger partial charge < -0.3 is 11.1 Å². The Morgan fingerprint density at radius 3 is 2.72 bits per heavy atom. The van der Waals surface area contributed by atoms with E-state index in [0.717, 1.165) is 28.5 Å². The van der Waals surface area contributed by atoms with Crippen LogP contribution in [0.3, 0.4) is 0 Å². The van der Waals surface area contributed by atoms with Crippen molar-refractivity contribution in [3.63, 3.8) is 0 Å². The highest BCUT2D eigenvalue weighted by Crippen LogP contribution is 2.26. The Kier molecular flexibility index (Phi) is 5.88. The maximum atomic E-state index is 12.0. The molecule has 3 N–H and O–H groups in total. The molecule has 0 radical (unpaired) electrons. The molecule has 100 valence electrons. The quantitative estimate of drug-likeness (QED) is 0.775. The first-order valence-corrected chi connectivity index (χ1v) is 6.98. The molecule has 0 heterocycles. The third kappa shape index (κ3) is 3.59. The van der Waals surface area contributed by atoms with Crippen LogP contribution in [0.25, 0.3) is 0 Å². The van der Waals surface area contributed by atoms with Gasteiger partial charge in [0.25, 0.3) is 0 Å². The summed E-state index contributed by atoms with van der Waals surface area (Å²) in [6.45, 7) is 2.06. The Labute approximate surface area is 127 Å². The zero-order valence-electron chi connectivity index (χ0n) is 10.3. The van der Waals surface area contributed by atoms with Gasteiger partial charge in [-0.25, -0.2) is 0 Å². The topological polar surface area (TPSA) is 55.1 Å². The number of halogens is 2. The lowest BCUT2D eigenvalue weighted by Gasteiger charge is -2.15. The summed E-state index contributed by atoms with van der Waals surface area (Å²) in [7, 11) is 0. The van der Waals surface area contributed by atoms with E-state index >= 15 is 0 Å². The van der Waals surface area contributed by atoms with Gasteiger partial charge in [-0.15, -0.1) is 12.4 Å². The van der Waals surface area contributed by atoms with Crippen LogP contribution in [0.4, 0.5) is 5.69 Å². The molecule has 5 heteroatoms. The van der Waals surface area contributed by atoms with Crippen LogP contribution in [-0.4, -0.2) is 11.9 Å². The highest BCUT2D eigenvalue weighted by atomic mass is 127. The van der Waals surface area contributed by atoms with Crippen molar-refractivity contribution in [3.8, 4) is 0 Å². The van der Waals surface area contributed by atoms with Crippen molar-refractivity contribution in [2.75, 3.05) is 5.32 Å². The molecule has 0 spiro atoms. The average molecular weight is 381 g/mol. The van der Waals surface area contributed by atoms with Gasteiger partial charge in [0.15, 0.2) is 0 Å². The summed E-state index contributed by atoms with van der Waals surface area (Å²) < 4.78 is 1.16. The second-order valence-corrected chi connectivity index (χ2v) is 5.82. The van der Waals surface area contributed by atoms with Gasteiger partial charge in [-0.1, -0.05) is 12.5 Å². The number of rotatable bonds is 2. The van der Waals surface area contributed by atoms with Gasteiger partial charge in [0.1, 0.15) is 0 Å². The van der Waals surface area contributed by atoms with E-state index in [9.17, 15) is 4.79 Å². The van der Waals surface area contributed by atoms with Crippen molar-refractivity contribution < 1.29 is 4.79 Å². The molecule has 2 atom stereocenters. The van der Waals surface area contributed by atoms with Crippen molar-refractivity contribution in [2.24, 2.45) is 11.7 Å². The van der Waals surface area contributed by atoms with Crippen LogP contribution in [0.15, 0.2) is 18.2 Å². The fraction of sp³-hybridized carbons (Fsp3) is 0.462. The largest absolute Gasteiger partial charge is 0.327 e. The van der Waals surface area contributed by atoms with Crippen molar-refractivity contribution in [3.05, 3.63) is 27.3 Å². The molecule has 3 nitrogen and oxygen atoms in total. The minimum atomic E-state index is -0.0195. The zero-order chi connectivity index (χ0) is 12.4. The predicted octanol–water partition coefficient (Wildman–Crippen LogP) is 3.09. The number of amides is 1. The van der Waals surface area contributed by atoms with Crippen LogP contribution in [0.1, 0.15) is 24.8 Å². The smallest absolute Gasteiger partial charge is 0.229 e. The molecular formula is C13H18ClIN2O. The zero-order valence-corrected chi connectivity index (χ0v) is 13.3. The Morgan fingerprint density at radius 2 is 2.17 bits per heavy atom. The molecule has 1 amide bonds. The van der Waals surface area contributed by atoms with Gasteiger partial charge in [0.05, 0.1) is 5.92 Å². The second kappa shape index (κ2) is 6.73. The third-order valence-corrected chi connectivity index (χ3v) is 4.51. The minimum Gasteiger partial charge on any atom is -0.327 e. The fourth-order valence-electron chi connectivity index (χ4n) is 2.22. The molecule has 18 heavy (non-hydrogen) atoms. The first-order chi connectivity index (χ1) is 8.08. The second-order valence-electron chi connectivity index (χ2n) is 4.65. The van der Waals surface area contributed by atoms with Gasteiger partial charge in [0.2, 0.25) is 5.91 Å². The molecule has 1 saturated carbocycles. The molecule has 1 aliphatic rings. The summed E-state index contributed by atoms with van der Waals surface area (Å²) in [6, 6.07) is 5.98. The van der Waals surface area contributed by atoms with E-state index in [0.29, 0.717) is 0 Å². The van der Waals surface area contributed by atoms with Crippen LogP contribution in [0.5, 0.6) is 0 Å². The molecule has 0 saturated heterocycles. The number of anilines is 1. The van der Waals surface area contributed by atoms with Gasteiger partial charge in [-0.3, -0.25) is 4.79 Å². The van der Waals surface area contributed by atoms with E-state index in [1.54, 1.807) is 0 Å². The summed E-state index contributed by atoms with van der Waals surface area (Å²) in [5.41, 5.74) is 8.01. The molecule has 2 rings (SSSR count). The summed E-state index contributed by atoms with van der Waals surface area (Å²) in [4.78, 5) is 12.0. The maximum absolute atomic E-state index is 12.0. The molecule has 1 aromatic carbocycles. The van der Waals surface area contributed by atoms with Gasteiger partial charge in [-0.2, -0.15) is 0 Å². The van der Waals surface area contributed by atoms with E-state index in [4.69, 9.17) is 5.73 Å². The number of carbonyl (C=O) groups is 1. The summed E-state index contributed by atoms with van der Waals surface area (Å²) in [5.74, 6) is 0.0450. The standard InChI is InChI=1S/C13H17IN2O.ClH/c1-8-5-6-9(7-11(8)14)16-13(17)10-3-2-4-12(10)15;/h5-7,10,12H,2-4,15H2,1H3,(H,16,17);1H. The van der Waals surface area contributed by atoms with Crippen molar-refractivity contribution >= 4 is 46.6 Å².